The first-order chi connectivity index (χ1) is 15.3. The van der Waals surface area contributed by atoms with Crippen LogP contribution in [0.3, 0.4) is 0 Å². The van der Waals surface area contributed by atoms with E-state index in [1.165, 1.54) is 0 Å². The molecule has 2 aromatic heterocycles. The van der Waals surface area contributed by atoms with Gasteiger partial charge in [0.05, 0.1) is 0 Å². The maximum absolute atomic E-state index is 13.1. The van der Waals surface area contributed by atoms with E-state index < -0.39 is 0 Å². The Bertz CT molecular complexity index is 1170. The number of nitrogens with zero attached hydrogens (tertiary/aromatic N) is 4. The SMILES string of the molecule is O=C(c1ccc(OCc2ccccc2)cc1)N1CCCC(c2nnc3ccccn23)C1. The van der Waals surface area contributed by atoms with E-state index in [2.05, 4.69) is 10.2 Å². The highest BCUT2D eigenvalue weighted by molar-refractivity contribution is 5.94. The number of likely N-dealkylation sites (tertiary alicyclic amines) is 1. The molecule has 156 valence electrons. The molecule has 4 aromatic rings. The van der Waals surface area contributed by atoms with Gasteiger partial charge in [0, 0.05) is 30.8 Å². The molecule has 6 nitrogen and oxygen atoms in total. The first-order valence-electron chi connectivity index (χ1n) is 10.6. The molecule has 6 heteroatoms. The van der Waals surface area contributed by atoms with Crippen LogP contribution in [-0.2, 0) is 6.61 Å². The van der Waals surface area contributed by atoms with Crippen LogP contribution >= 0.6 is 0 Å². The van der Waals surface area contributed by atoms with Gasteiger partial charge in [-0.25, -0.2) is 0 Å². The molecular weight excluding hydrogens is 388 g/mol. The van der Waals surface area contributed by atoms with Gasteiger partial charge in [0.15, 0.2) is 5.65 Å². The second-order valence-electron chi connectivity index (χ2n) is 7.88. The smallest absolute Gasteiger partial charge is 0.253 e. The Labute approximate surface area is 181 Å². The highest BCUT2D eigenvalue weighted by Gasteiger charge is 2.28. The summed E-state index contributed by atoms with van der Waals surface area (Å²) in [7, 11) is 0. The second kappa shape index (κ2) is 8.60. The average Bonchev–Trinajstić information content (AvgIpc) is 3.28. The zero-order valence-corrected chi connectivity index (χ0v) is 17.2. The molecule has 1 aliphatic rings. The van der Waals surface area contributed by atoms with Crippen molar-refractivity contribution in [2.75, 3.05) is 13.1 Å². The minimum Gasteiger partial charge on any atom is -0.489 e. The Morgan fingerprint density at radius 1 is 0.968 bits per heavy atom. The predicted octanol–water partition coefficient (Wildman–Crippen LogP) is 4.33. The van der Waals surface area contributed by atoms with Crippen molar-refractivity contribution >= 4 is 11.6 Å². The molecule has 0 bridgehead atoms. The number of amides is 1. The molecule has 1 atom stereocenters. The zero-order chi connectivity index (χ0) is 21.0. The molecule has 1 unspecified atom stereocenters. The summed E-state index contributed by atoms with van der Waals surface area (Å²) in [5.74, 6) is 1.92. The van der Waals surface area contributed by atoms with E-state index in [1.54, 1.807) is 0 Å². The number of hydrogen-bond acceptors (Lipinski definition) is 4. The number of ether oxygens (including phenoxy) is 1. The van der Waals surface area contributed by atoms with Crippen molar-refractivity contribution in [2.24, 2.45) is 0 Å². The molecular formula is C25H24N4O2. The van der Waals surface area contributed by atoms with Gasteiger partial charge in [-0.3, -0.25) is 9.20 Å². The van der Waals surface area contributed by atoms with Crippen LogP contribution in [0.2, 0.25) is 0 Å². The van der Waals surface area contributed by atoms with E-state index in [1.807, 2.05) is 88.3 Å². The molecule has 2 aromatic carbocycles. The van der Waals surface area contributed by atoms with Crippen molar-refractivity contribution in [2.45, 2.75) is 25.4 Å². The summed E-state index contributed by atoms with van der Waals surface area (Å²) < 4.78 is 7.86. The van der Waals surface area contributed by atoms with Crippen LogP contribution in [0.1, 0.15) is 40.5 Å². The molecule has 31 heavy (non-hydrogen) atoms. The van der Waals surface area contributed by atoms with Gasteiger partial charge in [-0.2, -0.15) is 0 Å². The Morgan fingerprint density at radius 2 is 1.77 bits per heavy atom. The van der Waals surface area contributed by atoms with Crippen LogP contribution in [0, 0.1) is 0 Å². The number of piperidine rings is 1. The van der Waals surface area contributed by atoms with Crippen molar-refractivity contribution in [3.05, 3.63) is 95.9 Å². The van der Waals surface area contributed by atoms with E-state index in [9.17, 15) is 4.79 Å². The van der Waals surface area contributed by atoms with Gasteiger partial charge in [0.1, 0.15) is 18.2 Å². The number of rotatable bonds is 5. The minimum atomic E-state index is 0.0492. The van der Waals surface area contributed by atoms with Crippen molar-refractivity contribution in [1.29, 1.82) is 0 Å². The lowest BCUT2D eigenvalue weighted by atomic mass is 9.96. The number of carbonyl (C=O) groups is 1. The fourth-order valence-electron chi connectivity index (χ4n) is 4.13. The summed E-state index contributed by atoms with van der Waals surface area (Å²) in [5.41, 5.74) is 2.63. The Hall–Kier alpha value is -3.67. The molecule has 1 amide bonds. The van der Waals surface area contributed by atoms with E-state index in [0.717, 1.165) is 42.2 Å². The van der Waals surface area contributed by atoms with E-state index >= 15 is 0 Å². The Balaban J connectivity index is 1.25. The molecule has 1 aliphatic heterocycles. The lowest BCUT2D eigenvalue weighted by Crippen LogP contribution is -2.39. The fourth-order valence-corrected chi connectivity index (χ4v) is 4.13. The van der Waals surface area contributed by atoms with Gasteiger partial charge in [-0.05, 0) is 54.8 Å². The molecule has 0 N–H and O–H groups in total. The van der Waals surface area contributed by atoms with Gasteiger partial charge in [0.25, 0.3) is 5.91 Å². The summed E-state index contributed by atoms with van der Waals surface area (Å²) in [4.78, 5) is 15.0. The number of fused-ring (bicyclic) bond motifs is 1. The third-order valence-corrected chi connectivity index (χ3v) is 5.76. The molecule has 0 aliphatic carbocycles. The second-order valence-corrected chi connectivity index (χ2v) is 7.88. The summed E-state index contributed by atoms with van der Waals surface area (Å²) in [6.07, 6.45) is 3.95. The molecule has 1 fully saturated rings. The number of hydrogen-bond donors (Lipinski definition) is 0. The first-order valence-corrected chi connectivity index (χ1v) is 10.6. The fraction of sp³-hybridized carbons (Fsp3) is 0.240. The summed E-state index contributed by atoms with van der Waals surface area (Å²) in [6.45, 7) is 1.92. The Kier molecular flexibility index (Phi) is 5.35. The monoisotopic (exact) mass is 412 g/mol. The average molecular weight is 412 g/mol. The molecule has 3 heterocycles. The van der Waals surface area contributed by atoms with Gasteiger partial charge in [-0.1, -0.05) is 36.4 Å². The molecule has 0 saturated carbocycles. The third-order valence-electron chi connectivity index (χ3n) is 5.76. The van der Waals surface area contributed by atoms with Crippen molar-refractivity contribution in [3.8, 4) is 5.75 Å². The van der Waals surface area contributed by atoms with Crippen LogP contribution in [0.5, 0.6) is 5.75 Å². The van der Waals surface area contributed by atoms with Crippen molar-refractivity contribution in [3.63, 3.8) is 0 Å². The highest BCUT2D eigenvalue weighted by atomic mass is 16.5. The maximum atomic E-state index is 13.1. The topological polar surface area (TPSA) is 59.7 Å². The number of aromatic nitrogens is 3. The van der Waals surface area contributed by atoms with Crippen molar-refractivity contribution in [1.82, 2.24) is 19.5 Å². The predicted molar refractivity (Wildman–Crippen MR) is 118 cm³/mol. The van der Waals surface area contributed by atoms with Gasteiger partial charge < -0.3 is 9.64 Å². The number of pyridine rings is 1. The van der Waals surface area contributed by atoms with Crippen LogP contribution < -0.4 is 4.74 Å². The highest BCUT2D eigenvalue weighted by Crippen LogP contribution is 2.27. The number of carbonyl (C=O) groups excluding carboxylic acids is 1. The van der Waals surface area contributed by atoms with Crippen LogP contribution in [0.15, 0.2) is 79.0 Å². The Morgan fingerprint density at radius 3 is 2.61 bits per heavy atom. The van der Waals surface area contributed by atoms with Gasteiger partial charge in [0.2, 0.25) is 0 Å². The lowest BCUT2D eigenvalue weighted by Gasteiger charge is -2.32. The zero-order valence-electron chi connectivity index (χ0n) is 17.2. The van der Waals surface area contributed by atoms with E-state index in [4.69, 9.17) is 4.74 Å². The lowest BCUT2D eigenvalue weighted by molar-refractivity contribution is 0.0704. The standard InChI is InChI=1S/C25H24N4O2/c30-25(20-11-13-22(14-12-20)31-18-19-7-2-1-3-8-19)28-15-6-9-21(17-28)24-27-26-23-10-4-5-16-29(23)24/h1-5,7-8,10-14,16,21H,6,9,15,17-18H2. The summed E-state index contributed by atoms with van der Waals surface area (Å²) in [6, 6.07) is 23.3. The van der Waals surface area contributed by atoms with Gasteiger partial charge in [-0.15, -0.1) is 10.2 Å². The summed E-state index contributed by atoms with van der Waals surface area (Å²) >= 11 is 0. The molecule has 0 spiro atoms. The molecule has 1 saturated heterocycles. The molecule has 5 rings (SSSR count). The van der Waals surface area contributed by atoms with Crippen molar-refractivity contribution < 1.29 is 9.53 Å². The minimum absolute atomic E-state index is 0.0492. The van der Waals surface area contributed by atoms with Crippen LogP contribution in [0.4, 0.5) is 0 Å². The van der Waals surface area contributed by atoms with E-state index in [0.29, 0.717) is 18.7 Å². The van der Waals surface area contributed by atoms with Crippen LogP contribution in [0.25, 0.3) is 5.65 Å². The summed E-state index contributed by atoms with van der Waals surface area (Å²) in [5, 5.41) is 8.67. The number of benzene rings is 2. The molecule has 0 radical (unpaired) electrons. The first kappa shape index (κ1) is 19.3. The third kappa shape index (κ3) is 4.14. The van der Waals surface area contributed by atoms with Gasteiger partial charge >= 0.3 is 0 Å². The van der Waals surface area contributed by atoms with Crippen LogP contribution in [-0.4, -0.2) is 38.5 Å². The largest absolute Gasteiger partial charge is 0.489 e. The van der Waals surface area contributed by atoms with E-state index in [-0.39, 0.29) is 11.8 Å². The quantitative estimate of drug-likeness (QED) is 0.490. The normalized spacial score (nSPS) is 16.4. The maximum Gasteiger partial charge on any atom is 0.253 e.